The maximum Gasteiger partial charge on any atom is 0.242 e. The predicted molar refractivity (Wildman–Crippen MR) is 66.6 cm³/mol. The number of piperidine rings is 1. The third-order valence-electron chi connectivity index (χ3n) is 4.80. The van der Waals surface area contributed by atoms with Crippen LogP contribution in [0.15, 0.2) is 0 Å². The first-order chi connectivity index (χ1) is 8.19. The molecule has 2 saturated heterocycles. The highest BCUT2D eigenvalue weighted by atomic mass is 16.2. The fourth-order valence-corrected chi connectivity index (χ4v) is 3.43. The summed E-state index contributed by atoms with van der Waals surface area (Å²) in [6.45, 7) is 4.07. The first-order valence-corrected chi connectivity index (χ1v) is 7.01. The van der Waals surface area contributed by atoms with Crippen LogP contribution >= 0.6 is 0 Å². The molecule has 2 heterocycles. The molecule has 4 nitrogen and oxygen atoms in total. The molecule has 0 bridgehead atoms. The van der Waals surface area contributed by atoms with Crippen LogP contribution in [0.25, 0.3) is 0 Å². The molecule has 2 N–H and O–H groups in total. The zero-order valence-corrected chi connectivity index (χ0v) is 10.5. The van der Waals surface area contributed by atoms with Gasteiger partial charge in [-0.3, -0.25) is 9.69 Å². The molecule has 3 fully saturated rings. The summed E-state index contributed by atoms with van der Waals surface area (Å²) >= 11 is 0. The van der Waals surface area contributed by atoms with Crippen LogP contribution in [0.2, 0.25) is 0 Å². The summed E-state index contributed by atoms with van der Waals surface area (Å²) in [6, 6.07) is 0.602. The Kier molecular flexibility index (Phi) is 2.87. The number of carbonyl (C=O) groups is 1. The number of carbonyl (C=O) groups excluding carboxylic acids is 1. The van der Waals surface area contributed by atoms with Gasteiger partial charge < -0.3 is 10.6 Å². The van der Waals surface area contributed by atoms with Crippen molar-refractivity contribution >= 4 is 5.91 Å². The third-order valence-corrected chi connectivity index (χ3v) is 4.80. The zero-order valence-electron chi connectivity index (χ0n) is 10.5. The molecule has 2 aliphatic heterocycles. The molecule has 0 aromatic rings. The second-order valence-electron chi connectivity index (χ2n) is 5.95. The summed E-state index contributed by atoms with van der Waals surface area (Å²) in [4.78, 5) is 16.9. The second-order valence-corrected chi connectivity index (χ2v) is 5.95. The van der Waals surface area contributed by atoms with E-state index in [-0.39, 0.29) is 5.91 Å². The molecule has 4 heteroatoms. The Bertz CT molecular complexity index is 314. The highest BCUT2D eigenvalue weighted by molar-refractivity contribution is 5.87. The van der Waals surface area contributed by atoms with Gasteiger partial charge in [-0.25, -0.2) is 0 Å². The topological polar surface area (TPSA) is 49.6 Å². The van der Waals surface area contributed by atoms with Gasteiger partial charge in [-0.1, -0.05) is 6.42 Å². The van der Waals surface area contributed by atoms with Crippen molar-refractivity contribution in [2.45, 2.75) is 50.1 Å². The lowest BCUT2D eigenvalue weighted by atomic mass is 9.76. The summed E-state index contributed by atoms with van der Waals surface area (Å²) in [6.07, 6.45) is 6.78. The van der Waals surface area contributed by atoms with Crippen molar-refractivity contribution in [1.29, 1.82) is 0 Å². The van der Waals surface area contributed by atoms with Gasteiger partial charge in [0.05, 0.1) is 5.54 Å². The molecule has 3 aliphatic rings. The minimum Gasteiger partial charge on any atom is -0.338 e. The van der Waals surface area contributed by atoms with Crippen LogP contribution in [-0.4, -0.2) is 53.5 Å². The molecule has 96 valence electrons. The van der Waals surface area contributed by atoms with Crippen LogP contribution in [0.5, 0.6) is 0 Å². The molecule has 0 aromatic carbocycles. The molecule has 0 spiro atoms. The molecule has 0 aromatic heterocycles. The van der Waals surface area contributed by atoms with Gasteiger partial charge in [-0.15, -0.1) is 0 Å². The van der Waals surface area contributed by atoms with E-state index in [2.05, 4.69) is 4.90 Å². The fourth-order valence-electron chi connectivity index (χ4n) is 3.43. The Labute approximate surface area is 103 Å². The van der Waals surface area contributed by atoms with E-state index in [1.807, 2.05) is 4.90 Å². The highest BCUT2D eigenvalue weighted by Gasteiger charge is 2.44. The molecular formula is C13H23N3O. The van der Waals surface area contributed by atoms with E-state index in [1.54, 1.807) is 0 Å². The van der Waals surface area contributed by atoms with Gasteiger partial charge in [-0.2, -0.15) is 0 Å². The van der Waals surface area contributed by atoms with Gasteiger partial charge in [0.25, 0.3) is 0 Å². The Hall–Kier alpha value is -0.610. The number of piperazine rings is 1. The van der Waals surface area contributed by atoms with Crippen LogP contribution in [0, 0.1) is 0 Å². The Morgan fingerprint density at radius 2 is 1.94 bits per heavy atom. The lowest BCUT2D eigenvalue weighted by Crippen LogP contribution is -2.64. The Morgan fingerprint density at radius 1 is 1.12 bits per heavy atom. The number of hydrogen-bond acceptors (Lipinski definition) is 3. The maximum absolute atomic E-state index is 12.4. The quantitative estimate of drug-likeness (QED) is 0.725. The van der Waals surface area contributed by atoms with E-state index in [1.165, 1.54) is 25.8 Å². The largest absolute Gasteiger partial charge is 0.338 e. The number of nitrogens with two attached hydrogens (primary N) is 1. The average molecular weight is 237 g/mol. The smallest absolute Gasteiger partial charge is 0.242 e. The monoisotopic (exact) mass is 237 g/mol. The second kappa shape index (κ2) is 4.25. The van der Waals surface area contributed by atoms with Crippen LogP contribution in [0.4, 0.5) is 0 Å². The minimum atomic E-state index is -0.503. The zero-order chi connectivity index (χ0) is 11.9. The van der Waals surface area contributed by atoms with Crippen molar-refractivity contribution in [2.75, 3.05) is 26.2 Å². The van der Waals surface area contributed by atoms with Gasteiger partial charge in [0.1, 0.15) is 0 Å². The van der Waals surface area contributed by atoms with E-state index in [9.17, 15) is 4.79 Å². The van der Waals surface area contributed by atoms with Crippen molar-refractivity contribution < 1.29 is 4.79 Å². The first-order valence-electron chi connectivity index (χ1n) is 7.01. The van der Waals surface area contributed by atoms with Gasteiger partial charge in [0.2, 0.25) is 5.91 Å². The molecule has 17 heavy (non-hydrogen) atoms. The first kappa shape index (κ1) is 11.5. The maximum atomic E-state index is 12.4. The fraction of sp³-hybridized carbons (Fsp3) is 0.923. The number of fused-ring (bicyclic) bond motifs is 1. The van der Waals surface area contributed by atoms with Crippen LogP contribution in [0.1, 0.15) is 38.5 Å². The summed E-state index contributed by atoms with van der Waals surface area (Å²) in [5, 5.41) is 0. The number of hydrogen-bond donors (Lipinski definition) is 1. The van der Waals surface area contributed by atoms with E-state index in [4.69, 9.17) is 5.73 Å². The molecule has 0 radical (unpaired) electrons. The minimum absolute atomic E-state index is 0.217. The van der Waals surface area contributed by atoms with Crippen molar-refractivity contribution in [3.8, 4) is 0 Å². The summed E-state index contributed by atoms with van der Waals surface area (Å²) in [5.74, 6) is 0.217. The van der Waals surface area contributed by atoms with E-state index < -0.39 is 5.54 Å². The van der Waals surface area contributed by atoms with E-state index in [0.29, 0.717) is 6.04 Å². The van der Waals surface area contributed by atoms with E-state index in [0.717, 1.165) is 38.9 Å². The van der Waals surface area contributed by atoms with Crippen molar-refractivity contribution in [3.05, 3.63) is 0 Å². The van der Waals surface area contributed by atoms with Gasteiger partial charge in [-0.05, 0) is 38.6 Å². The molecule has 3 rings (SSSR count). The van der Waals surface area contributed by atoms with Crippen LogP contribution < -0.4 is 5.73 Å². The van der Waals surface area contributed by atoms with Gasteiger partial charge in [0.15, 0.2) is 0 Å². The van der Waals surface area contributed by atoms with Crippen molar-refractivity contribution in [1.82, 2.24) is 9.80 Å². The molecule has 1 unspecified atom stereocenters. The van der Waals surface area contributed by atoms with Gasteiger partial charge >= 0.3 is 0 Å². The molecule has 1 atom stereocenters. The predicted octanol–water partition coefficient (Wildman–Crippen LogP) is 0.564. The normalized spacial score (nSPS) is 32.8. The third kappa shape index (κ3) is 1.97. The highest BCUT2D eigenvalue weighted by Crippen LogP contribution is 2.32. The van der Waals surface area contributed by atoms with Crippen molar-refractivity contribution in [2.24, 2.45) is 5.73 Å². The van der Waals surface area contributed by atoms with E-state index >= 15 is 0 Å². The summed E-state index contributed by atoms with van der Waals surface area (Å²) in [5.41, 5.74) is 5.64. The summed E-state index contributed by atoms with van der Waals surface area (Å²) in [7, 11) is 0. The standard InChI is InChI=1S/C13H23N3O/c14-13(5-3-6-13)12(17)16-9-8-15-7-2-1-4-11(15)10-16/h11H,1-10,14H2. The van der Waals surface area contributed by atoms with Crippen LogP contribution in [-0.2, 0) is 4.79 Å². The lowest BCUT2D eigenvalue weighted by molar-refractivity contribution is -0.143. The number of rotatable bonds is 1. The number of nitrogens with zero attached hydrogens (tertiary/aromatic N) is 2. The number of amides is 1. The molecule has 1 saturated carbocycles. The van der Waals surface area contributed by atoms with Crippen molar-refractivity contribution in [3.63, 3.8) is 0 Å². The average Bonchev–Trinajstić information content (AvgIpc) is 2.34. The lowest BCUT2D eigenvalue weighted by Gasteiger charge is -2.47. The Balaban J connectivity index is 1.63. The SMILES string of the molecule is NC1(C(=O)N2CCN3CCCCC3C2)CCC1. The Morgan fingerprint density at radius 3 is 2.65 bits per heavy atom. The molecular weight excluding hydrogens is 214 g/mol. The molecule has 1 aliphatic carbocycles. The van der Waals surface area contributed by atoms with Crippen LogP contribution in [0.3, 0.4) is 0 Å². The van der Waals surface area contributed by atoms with Gasteiger partial charge in [0, 0.05) is 25.7 Å². The molecule has 1 amide bonds. The summed E-state index contributed by atoms with van der Waals surface area (Å²) < 4.78 is 0.